The van der Waals surface area contributed by atoms with Crippen LogP contribution in [-0.2, 0) is 38.1 Å². The Balaban J connectivity index is 1.55. The summed E-state index contributed by atoms with van der Waals surface area (Å²) in [6.45, 7) is 10.7. The smallest absolute Gasteiger partial charge is 0.308 e. The van der Waals surface area contributed by atoms with Gasteiger partial charge in [0.15, 0.2) is 11.4 Å². The summed E-state index contributed by atoms with van der Waals surface area (Å²) in [5.74, 6) is -2.20. The molecule has 0 aromatic carbocycles. The largest absolute Gasteiger partial charge is 0.462 e. The van der Waals surface area contributed by atoms with Crippen molar-refractivity contribution in [3.63, 3.8) is 0 Å². The molecular weight excluding hydrogens is 845 g/mol. The number of fused-ring (bicyclic) bond motifs is 8. The summed E-state index contributed by atoms with van der Waals surface area (Å²) in [5.41, 5.74) is 1.09. The first-order valence-electron chi connectivity index (χ1n) is 22.0. The van der Waals surface area contributed by atoms with Crippen LogP contribution in [0.5, 0.6) is 0 Å². The van der Waals surface area contributed by atoms with E-state index in [9.17, 15) is 29.7 Å². The summed E-state index contributed by atoms with van der Waals surface area (Å²) >= 11 is 0. The molecule has 4 rings (SSSR count). The summed E-state index contributed by atoms with van der Waals surface area (Å²) in [6.07, 6.45) is 10.3. The molecule has 360 valence electrons. The van der Waals surface area contributed by atoms with Crippen LogP contribution in [0.25, 0.3) is 29.2 Å². The predicted molar refractivity (Wildman–Crippen MR) is 237 cm³/mol. The minimum Gasteiger partial charge on any atom is -0.462 e. The van der Waals surface area contributed by atoms with Gasteiger partial charge in [-0.1, -0.05) is 58.9 Å². The third kappa shape index (κ3) is 15.3. The fourth-order valence-corrected chi connectivity index (χ4v) is 7.94. The van der Waals surface area contributed by atoms with Gasteiger partial charge in [0, 0.05) is 71.6 Å². The van der Waals surface area contributed by atoms with Crippen molar-refractivity contribution >= 4 is 24.4 Å². The zero-order valence-electron chi connectivity index (χ0n) is 39.1. The van der Waals surface area contributed by atoms with Gasteiger partial charge in [-0.15, -0.1) is 0 Å². The number of aliphatic hydroxyl groups excluding tert-OH is 3. The van der Waals surface area contributed by atoms with Gasteiger partial charge in [0.2, 0.25) is 24.1 Å². The molecule has 3 N–H and O–H groups in total. The summed E-state index contributed by atoms with van der Waals surface area (Å²) in [7, 11) is 6.25. The van der Waals surface area contributed by atoms with E-state index in [1.54, 1.807) is 52.6 Å². The van der Waals surface area contributed by atoms with E-state index in [1.807, 2.05) is 33.8 Å². The minimum absolute atomic E-state index is 0.0644. The first-order chi connectivity index (χ1) is 31.0. The van der Waals surface area contributed by atoms with Crippen molar-refractivity contribution in [2.24, 2.45) is 29.6 Å². The standard InChI is InChI=1S/C47H68N4O14/c1-27(17-18-38(56)29(3)44(64-32(6)53)28(2)19-20-51(7)26-52)40(59-9)22-41-31(5)39(58-8)15-12-16-42-48-35(24-61-42)46-50-36(25-63-46)47-49-34(23-62-47)45(60-10)30(4)37(55)14-11-13-33(54)21-43(57)65-41/h11-12,14,16,19-20,23-31,33,37-41,44-45,54-56H,13,15,17-18,21-22H2,1-10H3/b14-11+,16-12+,20-19+. The number of ether oxygens (including phenoxy) is 5. The lowest BCUT2D eigenvalue weighted by molar-refractivity contribution is -0.159. The monoisotopic (exact) mass is 912 g/mol. The second kappa shape index (κ2) is 25.6. The summed E-state index contributed by atoms with van der Waals surface area (Å²) in [4.78, 5) is 51.6. The van der Waals surface area contributed by atoms with Crippen LogP contribution in [0.1, 0.15) is 97.8 Å². The molecule has 3 aromatic heterocycles. The predicted octanol–water partition coefficient (Wildman–Crippen LogP) is 6.33. The lowest BCUT2D eigenvalue weighted by Gasteiger charge is -2.34. The van der Waals surface area contributed by atoms with Gasteiger partial charge in [0.1, 0.15) is 42.8 Å². The number of methoxy groups -OCH3 is 3. The van der Waals surface area contributed by atoms with Gasteiger partial charge in [0.25, 0.3) is 0 Å². The summed E-state index contributed by atoms with van der Waals surface area (Å²) < 4.78 is 46.5. The second-order valence-electron chi connectivity index (χ2n) is 17.1. The number of hydrogen-bond acceptors (Lipinski definition) is 17. The topological polar surface area (TPSA) is 239 Å². The lowest BCUT2D eigenvalue weighted by atomic mass is 9.83. The van der Waals surface area contributed by atoms with Gasteiger partial charge in [-0.25, -0.2) is 15.0 Å². The molecule has 4 heterocycles. The molecule has 18 heteroatoms. The minimum atomic E-state index is -1.11. The SMILES string of the molecule is COC(CC1OC(=O)CC(O)C/C=C/C(O)C(C)C(OC)c2coc(n2)-c2coc(n2)-c2coc(n2)/C=C/CC(OC)C1C)C(C)CCC(O)C(C)C(OC(C)=O)C(C)/C=C/N(C)C=O. The van der Waals surface area contributed by atoms with E-state index < -0.39 is 72.6 Å². The zero-order valence-corrected chi connectivity index (χ0v) is 39.1. The van der Waals surface area contributed by atoms with Gasteiger partial charge >= 0.3 is 11.9 Å². The van der Waals surface area contributed by atoms with Crippen LogP contribution >= 0.6 is 0 Å². The van der Waals surface area contributed by atoms with Gasteiger partial charge in [-0.05, 0) is 37.7 Å². The molecule has 0 aliphatic carbocycles. The van der Waals surface area contributed by atoms with Crippen LogP contribution in [0.3, 0.4) is 0 Å². The number of hydrogen-bond donors (Lipinski definition) is 3. The molecule has 0 saturated carbocycles. The van der Waals surface area contributed by atoms with Crippen molar-refractivity contribution in [2.45, 2.75) is 129 Å². The molecule has 0 spiro atoms. The van der Waals surface area contributed by atoms with Crippen LogP contribution in [0.15, 0.2) is 62.5 Å². The maximum absolute atomic E-state index is 13.6. The van der Waals surface area contributed by atoms with Crippen molar-refractivity contribution in [2.75, 3.05) is 28.4 Å². The molecule has 18 nitrogen and oxygen atoms in total. The third-order valence-corrected chi connectivity index (χ3v) is 12.1. The molecule has 13 atom stereocenters. The molecule has 0 radical (unpaired) electrons. The van der Waals surface area contributed by atoms with Gasteiger partial charge in [-0.3, -0.25) is 14.4 Å². The number of oxazole rings is 3. The van der Waals surface area contributed by atoms with Crippen molar-refractivity contribution in [3.05, 3.63) is 60.9 Å². The fraction of sp³-hybridized carbons (Fsp3) is 0.617. The Morgan fingerprint density at radius 1 is 0.938 bits per heavy atom. The molecule has 1 amide bonds. The van der Waals surface area contributed by atoms with Crippen LogP contribution in [-0.4, -0.2) is 125 Å². The zero-order chi connectivity index (χ0) is 47.8. The van der Waals surface area contributed by atoms with E-state index >= 15 is 0 Å². The average Bonchev–Trinajstić information content (AvgIpc) is 4.08. The quantitative estimate of drug-likeness (QED) is 0.0808. The third-order valence-electron chi connectivity index (χ3n) is 12.1. The van der Waals surface area contributed by atoms with E-state index in [1.165, 1.54) is 43.8 Å². The highest BCUT2D eigenvalue weighted by Crippen LogP contribution is 2.33. The molecule has 3 aromatic rings. The van der Waals surface area contributed by atoms with Crippen LogP contribution in [0.4, 0.5) is 0 Å². The van der Waals surface area contributed by atoms with E-state index in [0.29, 0.717) is 42.8 Å². The Hall–Kier alpha value is -4.98. The summed E-state index contributed by atoms with van der Waals surface area (Å²) in [5, 5.41) is 33.4. The van der Waals surface area contributed by atoms with Gasteiger partial charge < -0.3 is 57.2 Å². The fourth-order valence-electron chi connectivity index (χ4n) is 7.94. The molecule has 1 aliphatic rings. The highest BCUT2D eigenvalue weighted by Gasteiger charge is 2.35. The Morgan fingerprint density at radius 2 is 1.63 bits per heavy atom. The Kier molecular flexibility index (Phi) is 20.8. The number of carbonyl (C=O) groups is 3. The second-order valence-corrected chi connectivity index (χ2v) is 17.1. The first kappa shape index (κ1) is 52.6. The number of nitrogens with zero attached hydrogens (tertiary/aromatic N) is 4. The molecule has 1 aliphatic heterocycles. The van der Waals surface area contributed by atoms with Crippen molar-refractivity contribution < 1.29 is 66.6 Å². The molecule has 0 fully saturated rings. The number of cyclic esters (lactones) is 1. The molecular formula is C47H68N4O14. The Bertz CT molecular complexity index is 2010. The highest BCUT2D eigenvalue weighted by atomic mass is 16.6. The summed E-state index contributed by atoms with van der Waals surface area (Å²) in [6, 6.07) is 0. The number of aliphatic hydroxyl groups is 3. The lowest BCUT2D eigenvalue weighted by Crippen LogP contribution is -2.39. The maximum Gasteiger partial charge on any atom is 0.308 e. The molecule has 13 unspecified atom stereocenters. The molecule has 6 bridgehead atoms. The van der Waals surface area contributed by atoms with E-state index in [4.69, 9.17) is 36.9 Å². The number of aromatic nitrogens is 3. The normalized spacial score (nSPS) is 26.4. The molecule has 65 heavy (non-hydrogen) atoms. The van der Waals surface area contributed by atoms with E-state index in [-0.39, 0.29) is 54.7 Å². The first-order valence-corrected chi connectivity index (χ1v) is 22.0. The van der Waals surface area contributed by atoms with Crippen LogP contribution < -0.4 is 0 Å². The van der Waals surface area contributed by atoms with Gasteiger partial charge in [-0.2, -0.15) is 0 Å². The highest BCUT2D eigenvalue weighted by molar-refractivity contribution is 5.70. The van der Waals surface area contributed by atoms with Crippen molar-refractivity contribution in [3.8, 4) is 23.2 Å². The van der Waals surface area contributed by atoms with Crippen molar-refractivity contribution in [1.29, 1.82) is 0 Å². The average molecular weight is 913 g/mol. The maximum atomic E-state index is 13.6. The van der Waals surface area contributed by atoms with Crippen LogP contribution in [0.2, 0.25) is 0 Å². The number of amides is 1. The molecule has 0 saturated heterocycles. The number of esters is 2. The Morgan fingerprint density at radius 3 is 2.31 bits per heavy atom. The van der Waals surface area contributed by atoms with Gasteiger partial charge in [0.05, 0.1) is 36.9 Å². The number of rotatable bonds is 16. The van der Waals surface area contributed by atoms with Crippen LogP contribution in [0, 0.1) is 29.6 Å². The van der Waals surface area contributed by atoms with E-state index in [2.05, 4.69) is 15.0 Å². The van der Waals surface area contributed by atoms with E-state index in [0.717, 1.165) is 0 Å². The Labute approximate surface area is 381 Å². The van der Waals surface area contributed by atoms with Crippen molar-refractivity contribution in [1.82, 2.24) is 19.9 Å². The number of carbonyl (C=O) groups excluding carboxylic acids is 3.